The van der Waals surface area contributed by atoms with E-state index in [1.165, 1.54) is 12.1 Å². The molecule has 1 aliphatic heterocycles. The Kier molecular flexibility index (Phi) is 4.35. The fourth-order valence-corrected chi connectivity index (χ4v) is 3.45. The van der Waals surface area contributed by atoms with E-state index in [9.17, 15) is 14.0 Å². The summed E-state index contributed by atoms with van der Waals surface area (Å²) in [5.74, 6) is -1.07. The number of primary amides is 1. The SMILES string of the molecule is NC(=O)[C@@H]1CCCN(C(=O)c2ccc3nc(-c4ccc(F)cc4)cn3c2)C1. The largest absolute Gasteiger partial charge is 0.369 e. The number of carbonyl (C=O) groups excluding carboxylic acids is 2. The van der Waals surface area contributed by atoms with Crippen LogP contribution in [0.3, 0.4) is 0 Å². The highest BCUT2D eigenvalue weighted by Crippen LogP contribution is 2.22. The second-order valence-electron chi connectivity index (χ2n) is 6.81. The lowest BCUT2D eigenvalue weighted by Gasteiger charge is -2.31. The summed E-state index contributed by atoms with van der Waals surface area (Å²) in [7, 11) is 0. The van der Waals surface area contributed by atoms with Crippen LogP contribution in [0.25, 0.3) is 16.9 Å². The molecule has 1 aromatic carbocycles. The normalized spacial score (nSPS) is 17.2. The highest BCUT2D eigenvalue weighted by Gasteiger charge is 2.27. The van der Waals surface area contributed by atoms with E-state index in [2.05, 4.69) is 4.98 Å². The third-order valence-electron chi connectivity index (χ3n) is 4.95. The molecule has 0 unspecified atom stereocenters. The molecule has 4 rings (SSSR count). The summed E-state index contributed by atoms with van der Waals surface area (Å²) in [5.41, 5.74) is 8.11. The number of nitrogens with two attached hydrogens (primary N) is 1. The Balaban J connectivity index is 1.60. The third-order valence-corrected chi connectivity index (χ3v) is 4.95. The lowest BCUT2D eigenvalue weighted by molar-refractivity contribution is -0.123. The Morgan fingerprint density at radius 1 is 1.11 bits per heavy atom. The Morgan fingerprint density at radius 2 is 1.89 bits per heavy atom. The highest BCUT2D eigenvalue weighted by molar-refractivity contribution is 5.94. The van der Waals surface area contributed by atoms with Gasteiger partial charge in [0.15, 0.2) is 0 Å². The first-order valence-electron chi connectivity index (χ1n) is 8.84. The molecule has 27 heavy (non-hydrogen) atoms. The predicted octanol–water partition coefficient (Wildman–Crippen LogP) is 2.48. The number of likely N-dealkylation sites (tertiary alicyclic amines) is 1. The number of hydrogen-bond acceptors (Lipinski definition) is 3. The van der Waals surface area contributed by atoms with Gasteiger partial charge >= 0.3 is 0 Å². The van der Waals surface area contributed by atoms with Crippen LogP contribution in [0.4, 0.5) is 4.39 Å². The van der Waals surface area contributed by atoms with Crippen LogP contribution in [0, 0.1) is 11.7 Å². The number of nitrogens with zero attached hydrogens (tertiary/aromatic N) is 3. The fourth-order valence-electron chi connectivity index (χ4n) is 3.45. The molecule has 6 nitrogen and oxygen atoms in total. The predicted molar refractivity (Wildman–Crippen MR) is 98.4 cm³/mol. The Morgan fingerprint density at radius 3 is 2.63 bits per heavy atom. The monoisotopic (exact) mass is 366 g/mol. The molecule has 1 saturated heterocycles. The van der Waals surface area contributed by atoms with Crippen LogP contribution in [0.5, 0.6) is 0 Å². The van der Waals surface area contributed by atoms with Gasteiger partial charge in [0.05, 0.1) is 17.2 Å². The molecule has 3 heterocycles. The average molecular weight is 366 g/mol. The van der Waals surface area contributed by atoms with Crippen molar-refractivity contribution in [2.75, 3.05) is 13.1 Å². The van der Waals surface area contributed by atoms with Crippen LogP contribution in [0.2, 0.25) is 0 Å². The number of carbonyl (C=O) groups is 2. The minimum Gasteiger partial charge on any atom is -0.369 e. The van der Waals surface area contributed by atoms with E-state index in [1.54, 1.807) is 39.8 Å². The third kappa shape index (κ3) is 3.40. The molecule has 0 bridgehead atoms. The molecule has 2 aromatic heterocycles. The van der Waals surface area contributed by atoms with Crippen molar-refractivity contribution < 1.29 is 14.0 Å². The zero-order valence-corrected chi connectivity index (χ0v) is 14.6. The van der Waals surface area contributed by atoms with E-state index < -0.39 is 0 Å². The number of pyridine rings is 1. The summed E-state index contributed by atoms with van der Waals surface area (Å²) in [6, 6.07) is 9.62. The highest BCUT2D eigenvalue weighted by atomic mass is 19.1. The summed E-state index contributed by atoms with van der Waals surface area (Å²) in [6.45, 7) is 0.975. The lowest BCUT2D eigenvalue weighted by atomic mass is 9.97. The van der Waals surface area contributed by atoms with Gasteiger partial charge in [0.1, 0.15) is 11.5 Å². The Bertz CT molecular complexity index is 1010. The summed E-state index contributed by atoms with van der Waals surface area (Å²) < 4.78 is 14.9. The fraction of sp³-hybridized carbons (Fsp3) is 0.250. The van der Waals surface area contributed by atoms with Crippen molar-refractivity contribution in [2.45, 2.75) is 12.8 Å². The first kappa shape index (κ1) is 17.2. The molecule has 2 amide bonds. The molecule has 1 aliphatic rings. The van der Waals surface area contributed by atoms with E-state index in [4.69, 9.17) is 5.73 Å². The first-order chi connectivity index (χ1) is 13.0. The van der Waals surface area contributed by atoms with Crippen molar-refractivity contribution in [3.8, 4) is 11.3 Å². The topological polar surface area (TPSA) is 80.7 Å². The van der Waals surface area contributed by atoms with Gasteiger partial charge in [-0.15, -0.1) is 0 Å². The zero-order valence-electron chi connectivity index (χ0n) is 14.6. The van der Waals surface area contributed by atoms with Crippen LogP contribution in [0.1, 0.15) is 23.2 Å². The maximum atomic E-state index is 13.1. The molecule has 0 saturated carbocycles. The molecule has 0 spiro atoms. The van der Waals surface area contributed by atoms with E-state index >= 15 is 0 Å². The molecule has 2 N–H and O–H groups in total. The molecule has 7 heteroatoms. The lowest BCUT2D eigenvalue weighted by Crippen LogP contribution is -2.44. The quantitative estimate of drug-likeness (QED) is 0.773. The van der Waals surface area contributed by atoms with Crippen LogP contribution < -0.4 is 5.73 Å². The summed E-state index contributed by atoms with van der Waals surface area (Å²) in [6.07, 6.45) is 5.02. The molecule has 1 fully saturated rings. The average Bonchev–Trinajstić information content (AvgIpc) is 3.11. The number of piperidine rings is 1. The minimum atomic E-state index is -0.360. The van der Waals surface area contributed by atoms with Crippen molar-refractivity contribution in [1.29, 1.82) is 0 Å². The summed E-state index contributed by atoms with van der Waals surface area (Å²) in [4.78, 5) is 30.5. The van der Waals surface area contributed by atoms with Gasteiger partial charge in [-0.25, -0.2) is 9.37 Å². The minimum absolute atomic E-state index is 0.125. The second-order valence-corrected chi connectivity index (χ2v) is 6.81. The molecule has 3 aromatic rings. The van der Waals surface area contributed by atoms with Gasteiger partial charge in [-0.2, -0.15) is 0 Å². The van der Waals surface area contributed by atoms with Gasteiger partial charge in [-0.3, -0.25) is 9.59 Å². The van der Waals surface area contributed by atoms with Crippen molar-refractivity contribution in [3.05, 3.63) is 60.2 Å². The molecule has 0 aliphatic carbocycles. The molecule has 1 atom stereocenters. The number of fused-ring (bicyclic) bond motifs is 1. The van der Waals surface area contributed by atoms with Crippen molar-refractivity contribution in [2.24, 2.45) is 11.7 Å². The number of rotatable bonds is 3. The number of benzene rings is 1. The van der Waals surface area contributed by atoms with Gasteiger partial charge < -0.3 is 15.0 Å². The standard InChI is InChI=1S/C20H19FN4O2/c21-16-6-3-13(4-7-16)17-12-25-11-15(5-8-18(25)23-17)20(27)24-9-1-2-14(10-24)19(22)26/h3-8,11-12,14H,1-2,9-10H2,(H2,22,26)/t14-/m1/s1. The number of hydrogen-bond donors (Lipinski definition) is 1. The summed E-state index contributed by atoms with van der Waals surface area (Å²) >= 11 is 0. The molecular weight excluding hydrogens is 347 g/mol. The van der Waals surface area contributed by atoms with Crippen molar-refractivity contribution >= 4 is 17.5 Å². The maximum absolute atomic E-state index is 13.1. The van der Waals surface area contributed by atoms with Crippen molar-refractivity contribution in [3.63, 3.8) is 0 Å². The van der Waals surface area contributed by atoms with Gasteiger partial charge in [0.2, 0.25) is 5.91 Å². The van der Waals surface area contributed by atoms with Gasteiger partial charge in [-0.1, -0.05) is 0 Å². The van der Waals surface area contributed by atoms with Crippen LogP contribution in [0.15, 0.2) is 48.8 Å². The van der Waals surface area contributed by atoms with Crippen LogP contribution in [-0.4, -0.2) is 39.2 Å². The second kappa shape index (κ2) is 6.83. The number of halogens is 1. The van der Waals surface area contributed by atoms with Gasteiger partial charge in [0, 0.05) is 31.0 Å². The van der Waals surface area contributed by atoms with E-state index in [0.717, 1.165) is 18.4 Å². The molecule has 0 radical (unpaired) electrons. The number of amides is 2. The first-order valence-corrected chi connectivity index (χ1v) is 8.84. The summed E-state index contributed by atoms with van der Waals surface area (Å²) in [5, 5.41) is 0. The molecule has 138 valence electrons. The van der Waals surface area contributed by atoms with Crippen molar-refractivity contribution in [1.82, 2.24) is 14.3 Å². The maximum Gasteiger partial charge on any atom is 0.255 e. The smallest absolute Gasteiger partial charge is 0.255 e. The Hall–Kier alpha value is -3.22. The van der Waals surface area contributed by atoms with E-state index in [-0.39, 0.29) is 23.5 Å². The number of imidazole rings is 1. The van der Waals surface area contributed by atoms with E-state index in [0.29, 0.717) is 30.0 Å². The van der Waals surface area contributed by atoms with Crippen LogP contribution in [-0.2, 0) is 4.79 Å². The number of aromatic nitrogens is 2. The van der Waals surface area contributed by atoms with Gasteiger partial charge in [-0.05, 0) is 49.2 Å². The zero-order chi connectivity index (χ0) is 19.0. The van der Waals surface area contributed by atoms with Crippen LogP contribution >= 0.6 is 0 Å². The van der Waals surface area contributed by atoms with Gasteiger partial charge in [0.25, 0.3) is 5.91 Å². The molecular formula is C20H19FN4O2. The Labute approximate surface area is 155 Å². The van der Waals surface area contributed by atoms with E-state index in [1.807, 2.05) is 6.20 Å².